The number of hydrogen-bond donors (Lipinski definition) is 1. The summed E-state index contributed by atoms with van der Waals surface area (Å²) in [6, 6.07) is 0. The lowest BCUT2D eigenvalue weighted by atomic mass is 10.3. The average molecular weight is 215 g/mol. The number of hydrogen-bond acceptors (Lipinski definition) is 4. The van der Waals surface area contributed by atoms with Gasteiger partial charge >= 0.3 is 6.09 Å². The zero-order valence-corrected chi connectivity index (χ0v) is 8.93. The van der Waals surface area contributed by atoms with Gasteiger partial charge in [-0.25, -0.2) is 4.79 Å². The van der Waals surface area contributed by atoms with E-state index in [1.54, 1.807) is 0 Å². The van der Waals surface area contributed by atoms with Crippen LogP contribution in [0.3, 0.4) is 0 Å². The molecule has 0 aromatic rings. The number of nitrogens with two attached hydrogens (primary N) is 1. The Morgan fingerprint density at radius 2 is 2.20 bits per heavy atom. The maximum atomic E-state index is 10.2. The Hall–Kier alpha value is -1.46. The molecule has 0 saturated heterocycles. The molecule has 0 aliphatic rings. The quantitative estimate of drug-likeness (QED) is 0.283. The average Bonchev–Trinajstić information content (AvgIpc) is 2.19. The summed E-state index contributed by atoms with van der Waals surface area (Å²) in [7, 11) is 1.96. The minimum absolute atomic E-state index is 0.343. The van der Waals surface area contributed by atoms with Crippen LogP contribution in [0.15, 0.2) is 5.11 Å². The highest BCUT2D eigenvalue weighted by atomic mass is 16.5. The highest BCUT2D eigenvalue weighted by molar-refractivity contribution is 5.64. The SMILES string of the molecule is CN(CCCN=[N+]=[N-])CCCOC(N)=O. The second-order valence-electron chi connectivity index (χ2n) is 3.13. The predicted molar refractivity (Wildman–Crippen MR) is 56.3 cm³/mol. The van der Waals surface area contributed by atoms with Gasteiger partial charge in [-0.05, 0) is 32.0 Å². The molecule has 0 radical (unpaired) electrons. The lowest BCUT2D eigenvalue weighted by Crippen LogP contribution is -2.23. The van der Waals surface area contributed by atoms with Gasteiger partial charge in [0.2, 0.25) is 0 Å². The van der Waals surface area contributed by atoms with Crippen LogP contribution in [-0.2, 0) is 4.74 Å². The van der Waals surface area contributed by atoms with Crippen LogP contribution in [0.1, 0.15) is 12.8 Å². The van der Waals surface area contributed by atoms with Crippen LogP contribution >= 0.6 is 0 Å². The van der Waals surface area contributed by atoms with Gasteiger partial charge in [0.15, 0.2) is 0 Å². The number of carbonyl (C=O) groups excluding carboxylic acids is 1. The summed E-state index contributed by atoms with van der Waals surface area (Å²) in [6.07, 6.45) is 0.846. The molecule has 0 fully saturated rings. The summed E-state index contributed by atoms with van der Waals surface area (Å²) in [5.74, 6) is 0. The molecule has 2 N–H and O–H groups in total. The van der Waals surface area contributed by atoms with Crippen LogP contribution in [0.4, 0.5) is 4.79 Å². The smallest absolute Gasteiger partial charge is 0.404 e. The lowest BCUT2D eigenvalue weighted by molar-refractivity contribution is 0.150. The summed E-state index contributed by atoms with van der Waals surface area (Å²) >= 11 is 0. The Balaban J connectivity index is 3.28. The van der Waals surface area contributed by atoms with E-state index in [0.717, 1.165) is 25.9 Å². The number of amides is 1. The predicted octanol–water partition coefficient (Wildman–Crippen LogP) is 1.10. The van der Waals surface area contributed by atoms with Crippen LogP contribution in [-0.4, -0.2) is 44.3 Å². The number of primary amides is 1. The van der Waals surface area contributed by atoms with Crippen molar-refractivity contribution in [2.45, 2.75) is 12.8 Å². The van der Waals surface area contributed by atoms with Crippen molar-refractivity contribution >= 4 is 6.09 Å². The third-order valence-electron chi connectivity index (χ3n) is 1.79. The molecule has 7 heteroatoms. The summed E-state index contributed by atoms with van der Waals surface area (Å²) in [4.78, 5) is 15.0. The third kappa shape index (κ3) is 10.5. The van der Waals surface area contributed by atoms with E-state index in [0.29, 0.717) is 13.2 Å². The van der Waals surface area contributed by atoms with E-state index < -0.39 is 6.09 Å². The van der Waals surface area contributed by atoms with Crippen molar-refractivity contribution in [3.8, 4) is 0 Å². The van der Waals surface area contributed by atoms with E-state index >= 15 is 0 Å². The first kappa shape index (κ1) is 13.5. The number of rotatable bonds is 8. The normalized spacial score (nSPS) is 9.73. The van der Waals surface area contributed by atoms with Gasteiger partial charge < -0.3 is 15.4 Å². The molecule has 0 atom stereocenters. The molecule has 7 nitrogen and oxygen atoms in total. The Bertz CT molecular complexity index is 227. The third-order valence-corrected chi connectivity index (χ3v) is 1.79. The molecule has 1 amide bonds. The van der Waals surface area contributed by atoms with Crippen LogP contribution < -0.4 is 5.73 Å². The van der Waals surface area contributed by atoms with E-state index in [2.05, 4.69) is 19.7 Å². The summed E-state index contributed by atoms with van der Waals surface area (Å²) in [5.41, 5.74) is 12.8. The van der Waals surface area contributed by atoms with E-state index in [1.165, 1.54) is 0 Å². The van der Waals surface area contributed by atoms with Gasteiger partial charge in [-0.15, -0.1) is 0 Å². The van der Waals surface area contributed by atoms with Gasteiger partial charge in [-0.2, -0.15) is 0 Å². The molecule has 0 aliphatic heterocycles. The van der Waals surface area contributed by atoms with Crippen molar-refractivity contribution in [1.82, 2.24) is 4.90 Å². The molecule has 0 saturated carbocycles. The molecule has 86 valence electrons. The molecule has 15 heavy (non-hydrogen) atoms. The van der Waals surface area contributed by atoms with Crippen molar-refractivity contribution in [2.24, 2.45) is 10.8 Å². The van der Waals surface area contributed by atoms with Gasteiger partial charge in [0.1, 0.15) is 0 Å². The maximum absolute atomic E-state index is 10.2. The lowest BCUT2D eigenvalue weighted by Gasteiger charge is -2.15. The summed E-state index contributed by atoms with van der Waals surface area (Å²) in [5, 5.41) is 3.43. The van der Waals surface area contributed by atoms with Crippen molar-refractivity contribution in [3.63, 3.8) is 0 Å². The van der Waals surface area contributed by atoms with E-state index in [9.17, 15) is 4.79 Å². The monoisotopic (exact) mass is 215 g/mol. The second kappa shape index (κ2) is 9.11. The molecule has 0 unspecified atom stereocenters. The number of ether oxygens (including phenoxy) is 1. The molecule has 0 heterocycles. The van der Waals surface area contributed by atoms with Gasteiger partial charge in [0, 0.05) is 18.0 Å². The Labute approximate surface area is 88.8 Å². The minimum atomic E-state index is -0.735. The molecule has 0 aromatic heterocycles. The molecule has 0 rings (SSSR count). The minimum Gasteiger partial charge on any atom is -0.450 e. The van der Waals surface area contributed by atoms with Crippen molar-refractivity contribution in [3.05, 3.63) is 10.4 Å². The fourth-order valence-electron chi connectivity index (χ4n) is 1.08. The standard InChI is InChI=1S/C8H17N5O2/c1-13(5-2-4-11-12-10)6-3-7-15-8(9)14/h2-7H2,1H3,(H2,9,14). The fourth-order valence-corrected chi connectivity index (χ4v) is 1.08. The number of azide groups is 1. The van der Waals surface area contributed by atoms with E-state index in [1.807, 2.05) is 7.05 Å². The van der Waals surface area contributed by atoms with Gasteiger partial charge in [0.05, 0.1) is 6.61 Å². The number of carbonyl (C=O) groups is 1. The topological polar surface area (TPSA) is 104 Å². The Morgan fingerprint density at radius 1 is 1.53 bits per heavy atom. The molecule has 0 spiro atoms. The Kier molecular flexibility index (Phi) is 8.22. The molecular weight excluding hydrogens is 198 g/mol. The van der Waals surface area contributed by atoms with Crippen LogP contribution in [0.5, 0.6) is 0 Å². The highest BCUT2D eigenvalue weighted by Crippen LogP contribution is 1.92. The van der Waals surface area contributed by atoms with Crippen molar-refractivity contribution < 1.29 is 9.53 Å². The van der Waals surface area contributed by atoms with Crippen molar-refractivity contribution in [2.75, 3.05) is 33.3 Å². The fraction of sp³-hybridized carbons (Fsp3) is 0.875. The Morgan fingerprint density at radius 3 is 2.80 bits per heavy atom. The zero-order chi connectivity index (χ0) is 11.5. The second-order valence-corrected chi connectivity index (χ2v) is 3.13. The van der Waals surface area contributed by atoms with Crippen LogP contribution in [0.25, 0.3) is 10.4 Å². The molecular formula is C8H17N5O2. The highest BCUT2D eigenvalue weighted by Gasteiger charge is 1.98. The molecule has 0 aromatic carbocycles. The first-order valence-corrected chi connectivity index (χ1v) is 4.78. The summed E-state index contributed by atoms with van der Waals surface area (Å²) < 4.78 is 4.58. The molecule has 0 aliphatic carbocycles. The number of nitrogens with zero attached hydrogens (tertiary/aromatic N) is 4. The van der Waals surface area contributed by atoms with Gasteiger partial charge in [-0.1, -0.05) is 5.11 Å². The maximum Gasteiger partial charge on any atom is 0.404 e. The zero-order valence-electron chi connectivity index (χ0n) is 8.93. The van der Waals surface area contributed by atoms with Gasteiger partial charge in [0.25, 0.3) is 0 Å². The van der Waals surface area contributed by atoms with Crippen molar-refractivity contribution in [1.29, 1.82) is 0 Å². The van der Waals surface area contributed by atoms with Crippen LogP contribution in [0.2, 0.25) is 0 Å². The first-order chi connectivity index (χ1) is 7.16. The first-order valence-electron chi connectivity index (χ1n) is 4.78. The van der Waals surface area contributed by atoms with Crippen LogP contribution in [0, 0.1) is 0 Å². The summed E-state index contributed by atoms with van der Waals surface area (Å²) in [6.45, 7) is 2.54. The largest absolute Gasteiger partial charge is 0.450 e. The molecule has 0 bridgehead atoms. The van der Waals surface area contributed by atoms with Gasteiger partial charge in [-0.3, -0.25) is 0 Å². The van der Waals surface area contributed by atoms with E-state index in [4.69, 9.17) is 11.3 Å². The van der Waals surface area contributed by atoms with E-state index in [-0.39, 0.29) is 0 Å².